The topological polar surface area (TPSA) is 29.1 Å². The van der Waals surface area contributed by atoms with Gasteiger partial charge >= 0.3 is 6.18 Å². The Morgan fingerprint density at radius 2 is 2.00 bits per heavy atom. The van der Waals surface area contributed by atoms with E-state index >= 15 is 0 Å². The lowest BCUT2D eigenvalue weighted by atomic mass is 10.0. The van der Waals surface area contributed by atoms with Crippen molar-refractivity contribution in [1.82, 2.24) is 5.32 Å². The van der Waals surface area contributed by atoms with E-state index in [2.05, 4.69) is 5.32 Å². The Labute approximate surface area is 146 Å². The van der Waals surface area contributed by atoms with Crippen molar-refractivity contribution >= 4 is 17.7 Å². The fourth-order valence-corrected chi connectivity index (χ4v) is 3.91. The molecule has 0 aliphatic carbocycles. The highest BCUT2D eigenvalue weighted by atomic mass is 32.2. The van der Waals surface area contributed by atoms with Gasteiger partial charge in [-0.15, -0.1) is 11.8 Å². The van der Waals surface area contributed by atoms with Gasteiger partial charge in [-0.3, -0.25) is 4.79 Å². The number of amides is 1. The Kier molecular flexibility index (Phi) is 5.03. The molecule has 2 nitrogen and oxygen atoms in total. The first-order chi connectivity index (χ1) is 11.8. The number of carbonyl (C=O) groups excluding carboxylic acids is 1. The highest BCUT2D eigenvalue weighted by Gasteiger charge is 2.30. The van der Waals surface area contributed by atoms with Crippen LogP contribution in [0.1, 0.15) is 29.2 Å². The molecule has 25 heavy (non-hydrogen) atoms. The summed E-state index contributed by atoms with van der Waals surface area (Å²) < 4.78 is 51.7. The molecule has 0 unspecified atom stereocenters. The van der Waals surface area contributed by atoms with E-state index in [0.717, 1.165) is 22.8 Å². The van der Waals surface area contributed by atoms with Crippen molar-refractivity contribution in [2.45, 2.75) is 30.0 Å². The maximum Gasteiger partial charge on any atom is 0.416 e. The van der Waals surface area contributed by atoms with Crippen molar-refractivity contribution in [2.24, 2.45) is 0 Å². The van der Waals surface area contributed by atoms with Crippen LogP contribution in [0.2, 0.25) is 0 Å². The third-order valence-corrected chi connectivity index (χ3v) is 5.09. The second-order valence-corrected chi connectivity index (χ2v) is 6.95. The van der Waals surface area contributed by atoms with Gasteiger partial charge in [-0.05, 0) is 41.8 Å². The van der Waals surface area contributed by atoms with Gasteiger partial charge in [-0.1, -0.05) is 18.2 Å². The Bertz CT molecular complexity index is 791. The van der Waals surface area contributed by atoms with E-state index < -0.39 is 11.7 Å². The number of thioether (sulfide) groups is 1. The zero-order chi connectivity index (χ0) is 18.0. The minimum atomic E-state index is -4.44. The summed E-state index contributed by atoms with van der Waals surface area (Å²) >= 11 is 1.59. The van der Waals surface area contributed by atoms with Gasteiger partial charge in [0.05, 0.1) is 18.0 Å². The molecule has 0 bridgehead atoms. The largest absolute Gasteiger partial charge is 0.416 e. The molecule has 1 heterocycles. The number of rotatable bonds is 3. The third-order valence-electron chi connectivity index (χ3n) is 3.97. The van der Waals surface area contributed by atoms with Crippen molar-refractivity contribution in [3.63, 3.8) is 0 Å². The summed E-state index contributed by atoms with van der Waals surface area (Å²) in [4.78, 5) is 13.2. The minimum Gasteiger partial charge on any atom is -0.349 e. The molecule has 1 amide bonds. The fourth-order valence-electron chi connectivity index (χ4n) is 2.80. The highest BCUT2D eigenvalue weighted by molar-refractivity contribution is 7.99. The van der Waals surface area contributed by atoms with Crippen LogP contribution in [-0.2, 0) is 17.4 Å². The SMILES string of the molecule is O=C(Cc1cccc(C(F)(F)F)c1)N[C@@H]1CCSc2ccc(F)cc21. The Morgan fingerprint density at radius 3 is 2.76 bits per heavy atom. The molecule has 0 saturated carbocycles. The maximum atomic E-state index is 13.5. The zero-order valence-electron chi connectivity index (χ0n) is 13.1. The number of hydrogen-bond donors (Lipinski definition) is 1. The maximum absolute atomic E-state index is 13.5. The van der Waals surface area contributed by atoms with E-state index in [1.54, 1.807) is 17.8 Å². The summed E-state index contributed by atoms with van der Waals surface area (Å²) in [5.41, 5.74) is 0.227. The third kappa shape index (κ3) is 4.34. The molecule has 132 valence electrons. The van der Waals surface area contributed by atoms with Crippen LogP contribution in [0.3, 0.4) is 0 Å². The second kappa shape index (κ2) is 7.07. The predicted octanol–water partition coefficient (Wildman–Crippen LogP) is 4.74. The van der Waals surface area contributed by atoms with E-state index in [-0.39, 0.29) is 29.8 Å². The van der Waals surface area contributed by atoms with Gasteiger partial charge in [0.2, 0.25) is 5.91 Å². The van der Waals surface area contributed by atoms with Crippen molar-refractivity contribution < 1.29 is 22.4 Å². The van der Waals surface area contributed by atoms with Crippen molar-refractivity contribution in [2.75, 3.05) is 5.75 Å². The van der Waals surface area contributed by atoms with Crippen LogP contribution < -0.4 is 5.32 Å². The van der Waals surface area contributed by atoms with Crippen molar-refractivity contribution in [1.29, 1.82) is 0 Å². The number of halogens is 4. The molecule has 1 atom stereocenters. The Balaban J connectivity index is 1.71. The molecule has 0 saturated heterocycles. The standard InChI is InChI=1S/C18H15F4NOS/c19-13-4-5-16-14(10-13)15(6-7-25-16)23-17(24)9-11-2-1-3-12(8-11)18(20,21)22/h1-5,8,10,15H,6-7,9H2,(H,23,24)/t15-/m1/s1. The number of nitrogens with one attached hydrogen (secondary N) is 1. The molecule has 1 aliphatic heterocycles. The summed E-state index contributed by atoms with van der Waals surface area (Å²) in [7, 11) is 0. The molecule has 2 aromatic carbocycles. The lowest BCUT2D eigenvalue weighted by molar-refractivity contribution is -0.137. The van der Waals surface area contributed by atoms with E-state index in [4.69, 9.17) is 0 Å². The van der Waals surface area contributed by atoms with E-state index in [1.807, 2.05) is 0 Å². The summed E-state index contributed by atoms with van der Waals surface area (Å²) in [5, 5.41) is 2.81. The molecule has 1 aliphatic rings. The minimum absolute atomic E-state index is 0.155. The van der Waals surface area contributed by atoms with Gasteiger partial charge < -0.3 is 5.32 Å². The van der Waals surface area contributed by atoms with Crippen molar-refractivity contribution in [3.8, 4) is 0 Å². The first kappa shape index (κ1) is 17.8. The van der Waals surface area contributed by atoms with Gasteiger partial charge in [0.15, 0.2) is 0 Å². The number of carbonyl (C=O) groups is 1. The van der Waals surface area contributed by atoms with E-state index in [0.29, 0.717) is 12.0 Å². The molecule has 0 fully saturated rings. The van der Waals surface area contributed by atoms with Crippen LogP contribution in [0.5, 0.6) is 0 Å². The molecule has 1 N–H and O–H groups in total. The molecular weight excluding hydrogens is 354 g/mol. The summed E-state index contributed by atoms with van der Waals surface area (Å²) in [6.07, 6.45) is -3.95. The monoisotopic (exact) mass is 369 g/mol. The number of benzene rings is 2. The Morgan fingerprint density at radius 1 is 1.20 bits per heavy atom. The van der Waals surface area contributed by atoms with Gasteiger partial charge in [0.1, 0.15) is 5.82 Å². The normalized spacial score (nSPS) is 17.0. The highest BCUT2D eigenvalue weighted by Crippen LogP contribution is 2.36. The molecule has 3 rings (SSSR count). The molecule has 2 aromatic rings. The van der Waals surface area contributed by atoms with Gasteiger partial charge in [-0.2, -0.15) is 13.2 Å². The summed E-state index contributed by atoms with van der Waals surface area (Å²) in [6.45, 7) is 0. The molecule has 0 radical (unpaired) electrons. The van der Waals surface area contributed by atoms with Crippen LogP contribution in [0, 0.1) is 5.82 Å². The van der Waals surface area contributed by atoms with Gasteiger partial charge in [0.25, 0.3) is 0 Å². The molecule has 0 aromatic heterocycles. The van der Waals surface area contributed by atoms with Crippen LogP contribution in [0.15, 0.2) is 47.4 Å². The molecule has 7 heteroatoms. The summed E-state index contributed by atoms with van der Waals surface area (Å²) in [6, 6.07) is 8.84. The van der Waals surface area contributed by atoms with Crippen molar-refractivity contribution in [3.05, 3.63) is 65.0 Å². The zero-order valence-corrected chi connectivity index (χ0v) is 13.9. The average molecular weight is 369 g/mol. The smallest absolute Gasteiger partial charge is 0.349 e. The lowest BCUT2D eigenvalue weighted by Gasteiger charge is -2.26. The van der Waals surface area contributed by atoms with E-state index in [9.17, 15) is 22.4 Å². The lowest BCUT2D eigenvalue weighted by Crippen LogP contribution is -2.31. The number of hydrogen-bond acceptors (Lipinski definition) is 2. The second-order valence-electron chi connectivity index (χ2n) is 5.81. The predicted molar refractivity (Wildman–Crippen MR) is 87.8 cm³/mol. The average Bonchev–Trinajstić information content (AvgIpc) is 2.55. The first-order valence-electron chi connectivity index (χ1n) is 7.70. The van der Waals surface area contributed by atoms with Crippen LogP contribution in [-0.4, -0.2) is 11.7 Å². The summed E-state index contributed by atoms with van der Waals surface area (Å²) in [5.74, 6) is 0.0254. The van der Waals surface area contributed by atoms with Gasteiger partial charge in [-0.25, -0.2) is 4.39 Å². The fraction of sp³-hybridized carbons (Fsp3) is 0.278. The van der Waals surface area contributed by atoms with Crippen LogP contribution in [0.4, 0.5) is 17.6 Å². The van der Waals surface area contributed by atoms with Crippen LogP contribution in [0.25, 0.3) is 0 Å². The van der Waals surface area contributed by atoms with Gasteiger partial charge in [0, 0.05) is 10.6 Å². The van der Waals surface area contributed by atoms with Crippen LogP contribution >= 0.6 is 11.8 Å². The number of fused-ring (bicyclic) bond motifs is 1. The first-order valence-corrected chi connectivity index (χ1v) is 8.69. The quantitative estimate of drug-likeness (QED) is 0.792. The van der Waals surface area contributed by atoms with E-state index in [1.165, 1.54) is 24.3 Å². The molecule has 0 spiro atoms. The molecular formula is C18H15F4NOS. The number of alkyl halides is 3. The Hall–Kier alpha value is -2.02.